The number of hydrogen-bond acceptors (Lipinski definition) is 6. The van der Waals surface area contributed by atoms with E-state index in [1.54, 1.807) is 7.05 Å². The molecule has 0 bridgehead atoms. The fourth-order valence-corrected chi connectivity index (χ4v) is 3.74. The number of rotatable bonds is 6. The second kappa shape index (κ2) is 8.54. The Hall–Kier alpha value is -2.39. The molecule has 1 aliphatic heterocycles. The summed E-state index contributed by atoms with van der Waals surface area (Å²) in [7, 11) is 5.52. The van der Waals surface area contributed by atoms with Crippen molar-refractivity contribution >= 4 is 17.1 Å². The summed E-state index contributed by atoms with van der Waals surface area (Å²) in [4.78, 5) is 35.0. The minimum Gasteiger partial charge on any atom is -0.341 e. The van der Waals surface area contributed by atoms with Gasteiger partial charge in [-0.3, -0.25) is 13.9 Å². The van der Waals surface area contributed by atoms with E-state index in [9.17, 15) is 9.59 Å². The van der Waals surface area contributed by atoms with Crippen molar-refractivity contribution in [2.45, 2.75) is 45.8 Å². The summed E-state index contributed by atoms with van der Waals surface area (Å²) < 4.78 is 4.74. The van der Waals surface area contributed by atoms with Crippen LogP contribution in [0.1, 0.15) is 26.7 Å². The molecule has 2 aromatic heterocycles. The summed E-state index contributed by atoms with van der Waals surface area (Å²) in [5, 5.41) is 0. The van der Waals surface area contributed by atoms with Crippen LogP contribution in [0.15, 0.2) is 21.2 Å². The second-order valence-electron chi connectivity index (χ2n) is 8.43. The molecule has 1 fully saturated rings. The van der Waals surface area contributed by atoms with Crippen molar-refractivity contribution < 1.29 is 0 Å². The SMILES string of the molecule is CC(C)=CCn1c(N2CCCC(N)C2)nc2c1c(=O)n(CCN(C)C)c(=O)n2C. The topological polar surface area (TPSA) is 94.3 Å². The zero-order chi connectivity index (χ0) is 21.3. The Kier molecular flexibility index (Phi) is 6.28. The van der Waals surface area contributed by atoms with Gasteiger partial charge in [0, 0.05) is 45.8 Å². The molecular formula is C20H33N7O2. The minimum atomic E-state index is -0.335. The summed E-state index contributed by atoms with van der Waals surface area (Å²) in [5.41, 5.74) is 7.62. The molecule has 0 aromatic carbocycles. The van der Waals surface area contributed by atoms with Crippen LogP contribution in [-0.2, 0) is 20.1 Å². The first kappa shape index (κ1) is 21.3. The Morgan fingerprint density at radius 1 is 1.28 bits per heavy atom. The number of piperidine rings is 1. The third-order valence-electron chi connectivity index (χ3n) is 5.41. The van der Waals surface area contributed by atoms with E-state index in [1.807, 2.05) is 37.4 Å². The molecule has 1 aliphatic rings. The molecule has 9 nitrogen and oxygen atoms in total. The molecule has 0 aliphatic carbocycles. The number of anilines is 1. The average molecular weight is 404 g/mol. The van der Waals surface area contributed by atoms with Crippen LogP contribution in [0.3, 0.4) is 0 Å². The van der Waals surface area contributed by atoms with Gasteiger partial charge in [0.05, 0.1) is 0 Å². The van der Waals surface area contributed by atoms with Crippen LogP contribution in [0.4, 0.5) is 5.95 Å². The number of nitrogens with zero attached hydrogens (tertiary/aromatic N) is 6. The van der Waals surface area contributed by atoms with Gasteiger partial charge in [-0.15, -0.1) is 0 Å². The van der Waals surface area contributed by atoms with E-state index in [0.29, 0.717) is 43.3 Å². The molecule has 1 unspecified atom stereocenters. The van der Waals surface area contributed by atoms with E-state index in [4.69, 9.17) is 10.7 Å². The maximum atomic E-state index is 13.3. The molecule has 0 saturated carbocycles. The van der Waals surface area contributed by atoms with E-state index < -0.39 is 0 Å². The molecule has 2 N–H and O–H groups in total. The Labute approximate surface area is 171 Å². The number of nitrogens with two attached hydrogens (primary N) is 1. The number of likely N-dealkylation sites (N-methyl/N-ethyl adjacent to an activating group) is 1. The summed E-state index contributed by atoms with van der Waals surface area (Å²) in [6.07, 6.45) is 4.04. The van der Waals surface area contributed by atoms with Crippen LogP contribution in [0.5, 0.6) is 0 Å². The van der Waals surface area contributed by atoms with Crippen molar-refractivity contribution in [1.29, 1.82) is 0 Å². The van der Waals surface area contributed by atoms with Gasteiger partial charge in [0.2, 0.25) is 5.95 Å². The normalized spacial score (nSPS) is 17.3. The Balaban J connectivity index is 2.23. The van der Waals surface area contributed by atoms with Crippen LogP contribution in [-0.4, -0.2) is 63.4 Å². The first-order valence-electron chi connectivity index (χ1n) is 10.2. The molecule has 160 valence electrons. The third-order valence-corrected chi connectivity index (χ3v) is 5.41. The number of hydrogen-bond donors (Lipinski definition) is 1. The van der Waals surface area contributed by atoms with E-state index in [-0.39, 0.29) is 17.3 Å². The van der Waals surface area contributed by atoms with Crippen LogP contribution >= 0.6 is 0 Å². The zero-order valence-electron chi connectivity index (χ0n) is 18.2. The summed E-state index contributed by atoms with van der Waals surface area (Å²) in [5.74, 6) is 0.713. The molecule has 0 spiro atoms. The molecule has 0 amide bonds. The predicted molar refractivity (Wildman–Crippen MR) is 117 cm³/mol. The zero-order valence-corrected chi connectivity index (χ0v) is 18.2. The highest BCUT2D eigenvalue weighted by molar-refractivity contribution is 5.74. The first-order chi connectivity index (χ1) is 13.7. The number of aromatic nitrogens is 4. The van der Waals surface area contributed by atoms with Gasteiger partial charge < -0.3 is 20.1 Å². The quantitative estimate of drug-likeness (QED) is 0.700. The van der Waals surface area contributed by atoms with Crippen LogP contribution in [0.2, 0.25) is 0 Å². The molecule has 29 heavy (non-hydrogen) atoms. The summed E-state index contributed by atoms with van der Waals surface area (Å²) in [6.45, 7) is 7.07. The fraction of sp³-hybridized carbons (Fsp3) is 0.650. The van der Waals surface area contributed by atoms with E-state index in [2.05, 4.69) is 11.0 Å². The van der Waals surface area contributed by atoms with Crippen molar-refractivity contribution in [3.05, 3.63) is 32.5 Å². The Morgan fingerprint density at radius 2 is 2.00 bits per heavy atom. The van der Waals surface area contributed by atoms with Crippen molar-refractivity contribution in [2.24, 2.45) is 12.8 Å². The highest BCUT2D eigenvalue weighted by Gasteiger charge is 2.25. The largest absolute Gasteiger partial charge is 0.341 e. The number of allylic oxidation sites excluding steroid dienone is 2. The van der Waals surface area contributed by atoms with Gasteiger partial charge in [0.25, 0.3) is 5.56 Å². The lowest BCUT2D eigenvalue weighted by Crippen LogP contribution is -2.44. The van der Waals surface area contributed by atoms with Crippen molar-refractivity contribution in [3.63, 3.8) is 0 Å². The van der Waals surface area contributed by atoms with Gasteiger partial charge >= 0.3 is 5.69 Å². The lowest BCUT2D eigenvalue weighted by atomic mass is 10.1. The van der Waals surface area contributed by atoms with Crippen molar-refractivity contribution in [2.75, 3.05) is 38.6 Å². The van der Waals surface area contributed by atoms with Gasteiger partial charge in [0.1, 0.15) is 0 Å². The van der Waals surface area contributed by atoms with Crippen molar-refractivity contribution in [1.82, 2.24) is 23.6 Å². The molecular weight excluding hydrogens is 370 g/mol. The van der Waals surface area contributed by atoms with Gasteiger partial charge in [-0.05, 0) is 40.8 Å². The van der Waals surface area contributed by atoms with Crippen LogP contribution < -0.4 is 21.9 Å². The van der Waals surface area contributed by atoms with Gasteiger partial charge in [-0.1, -0.05) is 11.6 Å². The van der Waals surface area contributed by atoms with E-state index in [1.165, 1.54) is 9.13 Å². The number of aryl methyl sites for hydroxylation is 1. The molecule has 3 heterocycles. The highest BCUT2D eigenvalue weighted by Crippen LogP contribution is 2.23. The number of imidazole rings is 1. The lowest BCUT2D eigenvalue weighted by molar-refractivity contribution is 0.375. The van der Waals surface area contributed by atoms with Crippen LogP contribution in [0.25, 0.3) is 11.2 Å². The summed E-state index contributed by atoms with van der Waals surface area (Å²) >= 11 is 0. The second-order valence-corrected chi connectivity index (χ2v) is 8.43. The fourth-order valence-electron chi connectivity index (χ4n) is 3.74. The monoisotopic (exact) mass is 403 g/mol. The molecule has 1 saturated heterocycles. The lowest BCUT2D eigenvalue weighted by Gasteiger charge is -2.31. The number of fused-ring (bicyclic) bond motifs is 1. The van der Waals surface area contributed by atoms with E-state index in [0.717, 1.165) is 25.0 Å². The first-order valence-corrected chi connectivity index (χ1v) is 10.2. The maximum Gasteiger partial charge on any atom is 0.332 e. The van der Waals surface area contributed by atoms with Gasteiger partial charge in [-0.2, -0.15) is 4.98 Å². The molecule has 1 atom stereocenters. The maximum absolute atomic E-state index is 13.3. The van der Waals surface area contributed by atoms with E-state index >= 15 is 0 Å². The summed E-state index contributed by atoms with van der Waals surface area (Å²) in [6, 6.07) is 0.0843. The molecule has 9 heteroatoms. The molecule has 0 radical (unpaired) electrons. The van der Waals surface area contributed by atoms with Gasteiger partial charge in [-0.25, -0.2) is 4.79 Å². The molecule has 3 rings (SSSR count). The standard InChI is InChI=1S/C20H33N7O2/c1-14(2)8-10-26-16-17(22-19(26)25-9-6-7-15(21)13-25)24(5)20(29)27(18(16)28)12-11-23(3)4/h8,15H,6-7,9-13,21H2,1-5H3. The highest BCUT2D eigenvalue weighted by atomic mass is 16.2. The predicted octanol–water partition coefficient (Wildman–Crippen LogP) is 0.352. The minimum absolute atomic E-state index is 0.0843. The smallest absolute Gasteiger partial charge is 0.332 e. The van der Waals surface area contributed by atoms with Crippen molar-refractivity contribution in [3.8, 4) is 0 Å². The molecule has 2 aromatic rings. The average Bonchev–Trinajstić information content (AvgIpc) is 3.04. The van der Waals surface area contributed by atoms with Crippen LogP contribution in [0, 0.1) is 0 Å². The Morgan fingerprint density at radius 3 is 2.62 bits per heavy atom. The third kappa shape index (κ3) is 4.30. The Bertz CT molecular complexity index is 1020. The van der Waals surface area contributed by atoms with Gasteiger partial charge in [0.15, 0.2) is 11.2 Å².